The highest BCUT2D eigenvalue weighted by Gasteiger charge is 2.25. The molecular weight excluding hydrogens is 303 g/mol. The molecule has 0 atom stereocenters. The van der Waals surface area contributed by atoms with E-state index in [0.29, 0.717) is 19.8 Å². The zero-order valence-corrected chi connectivity index (χ0v) is 12.8. The van der Waals surface area contributed by atoms with Crippen LogP contribution in [0.5, 0.6) is 0 Å². The van der Waals surface area contributed by atoms with Crippen molar-refractivity contribution < 1.29 is 23.8 Å². The lowest BCUT2D eigenvalue weighted by atomic mass is 10.1. The Bertz CT molecular complexity index is 529. The predicted molar refractivity (Wildman–Crippen MR) is 81.4 cm³/mol. The third-order valence-corrected chi connectivity index (χ3v) is 3.77. The van der Waals surface area contributed by atoms with Gasteiger partial charge < -0.3 is 20.1 Å². The molecule has 1 aromatic rings. The molecule has 1 aliphatic heterocycles. The van der Waals surface area contributed by atoms with E-state index in [1.807, 2.05) is 0 Å². The van der Waals surface area contributed by atoms with Crippen molar-refractivity contribution in [3.63, 3.8) is 0 Å². The van der Waals surface area contributed by atoms with Gasteiger partial charge in [-0.25, -0.2) is 9.18 Å². The van der Waals surface area contributed by atoms with Crippen LogP contribution in [-0.2, 0) is 16.1 Å². The molecule has 23 heavy (non-hydrogen) atoms. The monoisotopic (exact) mass is 324 g/mol. The van der Waals surface area contributed by atoms with Crippen LogP contribution in [0.4, 0.5) is 9.18 Å². The molecule has 2 N–H and O–H groups in total. The van der Waals surface area contributed by atoms with E-state index in [9.17, 15) is 14.0 Å². The van der Waals surface area contributed by atoms with Crippen LogP contribution in [0, 0.1) is 5.82 Å². The first-order chi connectivity index (χ1) is 11.1. The molecule has 0 aliphatic carbocycles. The molecule has 0 saturated carbocycles. The quantitative estimate of drug-likeness (QED) is 0.839. The number of nitrogens with zero attached hydrogens (tertiary/aromatic N) is 1. The number of urea groups is 1. The van der Waals surface area contributed by atoms with E-state index in [2.05, 4.69) is 5.32 Å². The van der Waals surface area contributed by atoms with Crippen LogP contribution in [-0.4, -0.2) is 47.8 Å². The number of ether oxygens (including phenoxy) is 1. The van der Waals surface area contributed by atoms with E-state index in [1.165, 1.54) is 12.1 Å². The summed E-state index contributed by atoms with van der Waals surface area (Å²) in [4.78, 5) is 24.6. The molecule has 0 aromatic heterocycles. The van der Waals surface area contributed by atoms with Crippen LogP contribution in [0.25, 0.3) is 0 Å². The van der Waals surface area contributed by atoms with Crippen LogP contribution < -0.4 is 5.32 Å². The molecule has 1 aliphatic rings. The van der Waals surface area contributed by atoms with E-state index >= 15 is 0 Å². The van der Waals surface area contributed by atoms with Gasteiger partial charge in [-0.05, 0) is 30.5 Å². The molecule has 1 heterocycles. The average molecular weight is 324 g/mol. The van der Waals surface area contributed by atoms with Gasteiger partial charge >= 0.3 is 12.0 Å². The molecule has 1 saturated heterocycles. The van der Waals surface area contributed by atoms with Gasteiger partial charge in [0, 0.05) is 32.3 Å². The van der Waals surface area contributed by atoms with Crippen LogP contribution in [0.2, 0.25) is 0 Å². The Hall–Kier alpha value is -2.15. The molecule has 0 unspecified atom stereocenters. The minimum absolute atomic E-state index is 0.0265. The van der Waals surface area contributed by atoms with Crippen molar-refractivity contribution in [3.05, 3.63) is 35.6 Å². The second-order valence-corrected chi connectivity index (χ2v) is 5.47. The smallest absolute Gasteiger partial charge is 0.317 e. The summed E-state index contributed by atoms with van der Waals surface area (Å²) in [5.41, 5.74) is 0.825. The minimum atomic E-state index is -0.957. The van der Waals surface area contributed by atoms with Gasteiger partial charge in [0.15, 0.2) is 0 Å². The summed E-state index contributed by atoms with van der Waals surface area (Å²) in [5.74, 6) is -1.28. The third-order valence-electron chi connectivity index (χ3n) is 3.77. The molecule has 7 heteroatoms. The standard InChI is InChI=1S/C16H21FN2O4/c17-13-3-1-12(2-4-13)11-19(14-6-9-23-10-7-14)16(22)18-8-5-15(20)21/h1-4,14H,5-11H2,(H,18,22)(H,20,21). The Labute approximate surface area is 134 Å². The Kier molecular flexibility index (Phi) is 6.34. The molecule has 2 rings (SSSR count). The fourth-order valence-corrected chi connectivity index (χ4v) is 2.53. The van der Waals surface area contributed by atoms with E-state index in [0.717, 1.165) is 18.4 Å². The highest BCUT2D eigenvalue weighted by molar-refractivity contribution is 5.75. The number of hydrogen-bond acceptors (Lipinski definition) is 3. The van der Waals surface area contributed by atoms with Crippen molar-refractivity contribution in [1.29, 1.82) is 0 Å². The number of halogens is 1. The molecule has 126 valence electrons. The highest BCUT2D eigenvalue weighted by atomic mass is 19.1. The maximum atomic E-state index is 13.0. The second kappa shape index (κ2) is 8.47. The highest BCUT2D eigenvalue weighted by Crippen LogP contribution is 2.18. The number of nitrogens with one attached hydrogen (secondary N) is 1. The van der Waals surface area contributed by atoms with E-state index in [-0.39, 0.29) is 30.9 Å². The molecular formula is C16H21FN2O4. The van der Waals surface area contributed by atoms with E-state index in [4.69, 9.17) is 9.84 Å². The fraction of sp³-hybridized carbons (Fsp3) is 0.500. The number of amides is 2. The first-order valence-corrected chi connectivity index (χ1v) is 7.64. The van der Waals surface area contributed by atoms with Crippen molar-refractivity contribution in [2.75, 3.05) is 19.8 Å². The zero-order chi connectivity index (χ0) is 16.7. The summed E-state index contributed by atoms with van der Waals surface area (Å²) in [6, 6.07) is 5.74. The van der Waals surface area contributed by atoms with Crippen LogP contribution in [0.15, 0.2) is 24.3 Å². The number of hydrogen-bond donors (Lipinski definition) is 2. The Morgan fingerprint density at radius 1 is 1.26 bits per heavy atom. The van der Waals surface area contributed by atoms with Crippen LogP contribution >= 0.6 is 0 Å². The van der Waals surface area contributed by atoms with Crippen molar-refractivity contribution >= 4 is 12.0 Å². The molecule has 6 nitrogen and oxygen atoms in total. The first kappa shape index (κ1) is 17.2. The molecule has 2 amide bonds. The number of aliphatic carboxylic acids is 1. The lowest BCUT2D eigenvalue weighted by Gasteiger charge is -2.34. The third kappa shape index (κ3) is 5.52. The van der Waals surface area contributed by atoms with Gasteiger partial charge in [-0.15, -0.1) is 0 Å². The van der Waals surface area contributed by atoms with Crippen molar-refractivity contribution in [1.82, 2.24) is 10.2 Å². The number of benzene rings is 1. The summed E-state index contributed by atoms with van der Waals surface area (Å²) in [6.45, 7) is 1.61. The van der Waals surface area contributed by atoms with Gasteiger partial charge in [0.25, 0.3) is 0 Å². The summed E-state index contributed by atoms with van der Waals surface area (Å²) in [7, 11) is 0. The number of carbonyl (C=O) groups is 2. The van der Waals surface area contributed by atoms with Crippen molar-refractivity contribution in [2.24, 2.45) is 0 Å². The maximum Gasteiger partial charge on any atom is 0.317 e. The lowest BCUT2D eigenvalue weighted by molar-refractivity contribution is -0.136. The summed E-state index contributed by atoms with van der Waals surface area (Å²) < 4.78 is 18.3. The predicted octanol–water partition coefficient (Wildman–Crippen LogP) is 1.99. The first-order valence-electron chi connectivity index (χ1n) is 7.64. The normalized spacial score (nSPS) is 15.2. The van der Waals surface area contributed by atoms with E-state index < -0.39 is 5.97 Å². The van der Waals surface area contributed by atoms with Gasteiger partial charge in [0.1, 0.15) is 5.82 Å². The molecule has 0 radical (unpaired) electrons. The molecule has 0 spiro atoms. The van der Waals surface area contributed by atoms with Gasteiger partial charge in [0.2, 0.25) is 0 Å². The number of rotatable bonds is 6. The Morgan fingerprint density at radius 2 is 1.91 bits per heavy atom. The lowest BCUT2D eigenvalue weighted by Crippen LogP contribution is -2.48. The molecule has 1 fully saturated rings. The van der Waals surface area contributed by atoms with Crippen LogP contribution in [0.3, 0.4) is 0 Å². The van der Waals surface area contributed by atoms with Gasteiger partial charge in [-0.2, -0.15) is 0 Å². The van der Waals surface area contributed by atoms with Gasteiger partial charge in [-0.3, -0.25) is 4.79 Å². The molecule has 0 bridgehead atoms. The van der Waals surface area contributed by atoms with Crippen molar-refractivity contribution in [2.45, 2.75) is 31.8 Å². The van der Waals surface area contributed by atoms with Gasteiger partial charge in [-0.1, -0.05) is 12.1 Å². The van der Waals surface area contributed by atoms with Gasteiger partial charge in [0.05, 0.1) is 6.42 Å². The zero-order valence-electron chi connectivity index (χ0n) is 12.8. The van der Waals surface area contributed by atoms with E-state index in [1.54, 1.807) is 17.0 Å². The number of carboxylic acid groups (broad SMARTS) is 1. The van der Waals surface area contributed by atoms with Crippen LogP contribution in [0.1, 0.15) is 24.8 Å². The number of carbonyl (C=O) groups excluding carboxylic acids is 1. The number of carboxylic acids is 1. The SMILES string of the molecule is O=C(O)CCNC(=O)N(Cc1ccc(F)cc1)C1CCOCC1. The molecule has 1 aromatic carbocycles. The fourth-order valence-electron chi connectivity index (χ4n) is 2.53. The Balaban J connectivity index is 2.02. The summed E-state index contributed by atoms with van der Waals surface area (Å²) >= 11 is 0. The maximum absolute atomic E-state index is 13.0. The minimum Gasteiger partial charge on any atom is -0.481 e. The summed E-state index contributed by atoms with van der Waals surface area (Å²) in [6.07, 6.45) is 1.34. The summed E-state index contributed by atoms with van der Waals surface area (Å²) in [5, 5.41) is 11.3. The largest absolute Gasteiger partial charge is 0.481 e. The second-order valence-electron chi connectivity index (χ2n) is 5.47. The topological polar surface area (TPSA) is 78.9 Å². The van der Waals surface area contributed by atoms with Crippen molar-refractivity contribution in [3.8, 4) is 0 Å². The average Bonchev–Trinajstić information content (AvgIpc) is 2.54. The Morgan fingerprint density at radius 3 is 2.52 bits per heavy atom.